The Bertz CT molecular complexity index is 3140. The Hall–Kier alpha value is -7.10. The third-order valence-corrected chi connectivity index (χ3v) is 11.2. The first-order chi connectivity index (χ1) is 27.3. The molecule has 3 heteroatoms. The molecule has 260 valence electrons. The summed E-state index contributed by atoms with van der Waals surface area (Å²) in [5, 5.41) is 6.76. The number of para-hydroxylation sites is 3. The standard InChI is InChI=1S/C52H35NO2/c1-2-13-34(14-3-1)36-17-10-18-37(31-36)35-27-29-40(30-28-35)53(47-24-12-26-49-51(47)44-20-7-9-25-48(44)54-49)46-23-8-6-19-41(46)42-21-11-22-43-45-32-38-15-4-5-16-39(38)33-50(45)55-52(42)43/h1-13,15-34H,14H2. The van der Waals surface area contributed by atoms with E-state index in [4.69, 9.17) is 8.83 Å². The van der Waals surface area contributed by atoms with Crippen molar-refractivity contribution in [3.63, 3.8) is 0 Å². The molecule has 0 radical (unpaired) electrons. The Labute approximate surface area is 318 Å². The first-order valence-electron chi connectivity index (χ1n) is 18.9. The molecule has 55 heavy (non-hydrogen) atoms. The van der Waals surface area contributed by atoms with Crippen LogP contribution in [0, 0.1) is 0 Å². The molecule has 0 spiro atoms. The molecule has 1 aliphatic carbocycles. The lowest BCUT2D eigenvalue weighted by molar-refractivity contribution is 0.669. The predicted molar refractivity (Wildman–Crippen MR) is 230 cm³/mol. The lowest BCUT2D eigenvalue weighted by Crippen LogP contribution is -2.11. The minimum absolute atomic E-state index is 0.400. The molecule has 0 saturated heterocycles. The van der Waals surface area contributed by atoms with Crippen molar-refractivity contribution in [3.8, 4) is 22.3 Å². The fraction of sp³-hybridized carbons (Fsp3) is 0.0385. The highest BCUT2D eigenvalue weighted by atomic mass is 16.3. The number of hydrogen-bond acceptors (Lipinski definition) is 3. The molecule has 1 unspecified atom stereocenters. The highest BCUT2D eigenvalue weighted by Gasteiger charge is 2.24. The highest BCUT2D eigenvalue weighted by molar-refractivity contribution is 6.16. The number of benzene rings is 8. The van der Waals surface area contributed by atoms with Crippen LogP contribution in [0.3, 0.4) is 0 Å². The average Bonchev–Trinajstić information content (AvgIpc) is 3.82. The molecule has 2 aromatic heterocycles. The number of anilines is 3. The van der Waals surface area contributed by atoms with Crippen LogP contribution in [0.15, 0.2) is 203 Å². The van der Waals surface area contributed by atoms with Crippen LogP contribution < -0.4 is 4.90 Å². The van der Waals surface area contributed by atoms with Gasteiger partial charge in [0.2, 0.25) is 0 Å². The summed E-state index contributed by atoms with van der Waals surface area (Å²) < 4.78 is 13.2. The maximum Gasteiger partial charge on any atom is 0.143 e. The first kappa shape index (κ1) is 31.4. The van der Waals surface area contributed by atoms with Crippen molar-refractivity contribution in [2.24, 2.45) is 0 Å². The predicted octanol–water partition coefficient (Wildman–Crippen LogP) is 15.0. The van der Waals surface area contributed by atoms with E-state index in [1.54, 1.807) is 0 Å². The van der Waals surface area contributed by atoms with Crippen molar-refractivity contribution in [1.82, 2.24) is 0 Å². The molecule has 10 aromatic rings. The maximum absolute atomic E-state index is 6.78. The van der Waals surface area contributed by atoms with E-state index in [1.165, 1.54) is 27.5 Å². The van der Waals surface area contributed by atoms with Crippen LogP contribution in [0.2, 0.25) is 0 Å². The van der Waals surface area contributed by atoms with Gasteiger partial charge in [0.15, 0.2) is 0 Å². The number of nitrogens with zero attached hydrogens (tertiary/aromatic N) is 1. The van der Waals surface area contributed by atoms with Crippen molar-refractivity contribution < 1.29 is 8.83 Å². The van der Waals surface area contributed by atoms with E-state index in [0.717, 1.165) is 78.5 Å². The van der Waals surface area contributed by atoms with Crippen LogP contribution in [0.1, 0.15) is 17.9 Å². The van der Waals surface area contributed by atoms with Crippen molar-refractivity contribution in [2.45, 2.75) is 12.3 Å². The topological polar surface area (TPSA) is 29.5 Å². The molecule has 0 amide bonds. The molecular weight excluding hydrogens is 671 g/mol. The number of fused-ring (bicyclic) bond motifs is 7. The van der Waals surface area contributed by atoms with Crippen molar-refractivity contribution in [2.75, 3.05) is 4.90 Å². The molecular formula is C52H35NO2. The van der Waals surface area contributed by atoms with E-state index >= 15 is 0 Å². The van der Waals surface area contributed by atoms with Crippen molar-refractivity contribution in [1.29, 1.82) is 0 Å². The zero-order valence-electron chi connectivity index (χ0n) is 30.0. The molecule has 1 atom stereocenters. The number of furan rings is 2. The SMILES string of the molecule is C1=CCC(c2cccc(-c3ccc(N(c4ccccc4-c4cccc5c4oc4cc6ccccc6cc45)c4cccc5oc6ccccc6c45)cc3)c2)C=C1. The monoisotopic (exact) mass is 705 g/mol. The molecule has 0 bridgehead atoms. The van der Waals surface area contributed by atoms with E-state index in [0.29, 0.717) is 5.92 Å². The quantitative estimate of drug-likeness (QED) is 0.172. The van der Waals surface area contributed by atoms with Gasteiger partial charge < -0.3 is 13.7 Å². The summed E-state index contributed by atoms with van der Waals surface area (Å²) in [5.74, 6) is 0.400. The molecule has 0 N–H and O–H groups in total. The van der Waals surface area contributed by atoms with Crippen LogP contribution in [0.5, 0.6) is 0 Å². The second-order valence-corrected chi connectivity index (χ2v) is 14.4. The summed E-state index contributed by atoms with van der Waals surface area (Å²) in [4.78, 5) is 2.38. The van der Waals surface area contributed by atoms with Crippen molar-refractivity contribution >= 4 is 71.7 Å². The summed E-state index contributed by atoms with van der Waals surface area (Å²) in [7, 11) is 0. The van der Waals surface area contributed by atoms with Gasteiger partial charge in [0.05, 0.1) is 16.8 Å². The minimum atomic E-state index is 0.400. The summed E-state index contributed by atoms with van der Waals surface area (Å²) in [6.07, 6.45) is 9.86. The number of allylic oxidation sites excluding steroid dienone is 4. The maximum atomic E-state index is 6.78. The average molecular weight is 706 g/mol. The van der Waals surface area contributed by atoms with Gasteiger partial charge in [-0.15, -0.1) is 0 Å². The minimum Gasteiger partial charge on any atom is -0.456 e. The lowest BCUT2D eigenvalue weighted by Gasteiger charge is -2.28. The van der Waals surface area contributed by atoms with Crippen LogP contribution in [0.4, 0.5) is 17.1 Å². The van der Waals surface area contributed by atoms with Gasteiger partial charge in [0.25, 0.3) is 0 Å². The largest absolute Gasteiger partial charge is 0.456 e. The summed E-state index contributed by atoms with van der Waals surface area (Å²) >= 11 is 0. The van der Waals surface area contributed by atoms with Crippen LogP contribution in [0.25, 0.3) is 76.9 Å². The second-order valence-electron chi connectivity index (χ2n) is 14.4. The Morgan fingerprint density at radius 2 is 1.20 bits per heavy atom. The van der Waals surface area contributed by atoms with Crippen molar-refractivity contribution in [3.05, 3.63) is 200 Å². The zero-order chi connectivity index (χ0) is 36.3. The van der Waals surface area contributed by atoms with E-state index in [-0.39, 0.29) is 0 Å². The smallest absolute Gasteiger partial charge is 0.143 e. The van der Waals surface area contributed by atoms with Gasteiger partial charge in [0, 0.05) is 38.9 Å². The van der Waals surface area contributed by atoms with Crippen LogP contribution in [-0.2, 0) is 0 Å². The van der Waals surface area contributed by atoms with E-state index in [2.05, 4.69) is 187 Å². The van der Waals surface area contributed by atoms with Gasteiger partial charge in [-0.2, -0.15) is 0 Å². The second kappa shape index (κ2) is 12.8. The van der Waals surface area contributed by atoms with E-state index in [9.17, 15) is 0 Å². The normalized spacial score (nSPS) is 14.1. The van der Waals surface area contributed by atoms with Gasteiger partial charge in [-0.3, -0.25) is 0 Å². The third-order valence-electron chi connectivity index (χ3n) is 11.2. The summed E-state index contributed by atoms with van der Waals surface area (Å²) in [5.41, 5.74) is 12.5. The molecule has 1 aliphatic rings. The Morgan fingerprint density at radius 1 is 0.473 bits per heavy atom. The fourth-order valence-corrected chi connectivity index (χ4v) is 8.52. The Balaban J connectivity index is 1.11. The molecule has 11 rings (SSSR count). The van der Waals surface area contributed by atoms with E-state index in [1.807, 2.05) is 12.1 Å². The third kappa shape index (κ3) is 5.27. The van der Waals surface area contributed by atoms with Gasteiger partial charge >= 0.3 is 0 Å². The van der Waals surface area contributed by atoms with E-state index < -0.39 is 0 Å². The molecule has 2 heterocycles. The summed E-state index contributed by atoms with van der Waals surface area (Å²) in [6.45, 7) is 0. The van der Waals surface area contributed by atoms with Crippen LogP contribution >= 0.6 is 0 Å². The summed E-state index contributed by atoms with van der Waals surface area (Å²) in [6, 6.07) is 60.7. The van der Waals surface area contributed by atoms with Crippen LogP contribution in [-0.4, -0.2) is 0 Å². The van der Waals surface area contributed by atoms with Gasteiger partial charge in [0.1, 0.15) is 22.3 Å². The molecule has 0 fully saturated rings. The highest BCUT2D eigenvalue weighted by Crippen LogP contribution is 2.48. The number of hydrogen-bond donors (Lipinski definition) is 0. The van der Waals surface area contributed by atoms with Gasteiger partial charge in [-0.1, -0.05) is 146 Å². The zero-order valence-corrected chi connectivity index (χ0v) is 30.0. The Kier molecular flexibility index (Phi) is 7.31. The fourth-order valence-electron chi connectivity index (χ4n) is 8.52. The first-order valence-corrected chi connectivity index (χ1v) is 18.9. The number of rotatable bonds is 6. The van der Waals surface area contributed by atoms with Gasteiger partial charge in [-0.05, 0) is 82.4 Å². The molecule has 8 aromatic carbocycles. The molecule has 3 nitrogen and oxygen atoms in total. The van der Waals surface area contributed by atoms with Gasteiger partial charge in [-0.25, -0.2) is 0 Å². The lowest BCUT2D eigenvalue weighted by atomic mass is 9.90. The Morgan fingerprint density at radius 3 is 2.09 bits per heavy atom. The molecule has 0 saturated carbocycles. The molecule has 0 aliphatic heterocycles.